The third kappa shape index (κ3) is 3.09. The summed E-state index contributed by atoms with van der Waals surface area (Å²) in [5.74, 6) is -0.840. The lowest BCUT2D eigenvalue weighted by Gasteiger charge is -2.25. The van der Waals surface area contributed by atoms with Crippen molar-refractivity contribution in [3.63, 3.8) is 0 Å². The standard InChI is InChI=1S/C12H19N3O4S2/c1-3-5-11-15(9(7-20-11)12(16)17)21(18,19)10-6-14(4-2)8-13-10/h6,8-9,11H,3-5,7H2,1-2H3,(H,16,17). The second-order valence-electron chi connectivity index (χ2n) is 4.81. The fourth-order valence-electron chi connectivity index (χ4n) is 2.26. The molecule has 0 bridgehead atoms. The zero-order valence-corrected chi connectivity index (χ0v) is 13.6. The van der Waals surface area contributed by atoms with Crippen LogP contribution < -0.4 is 0 Å². The Labute approximate surface area is 128 Å². The Morgan fingerprint density at radius 3 is 2.76 bits per heavy atom. The summed E-state index contributed by atoms with van der Waals surface area (Å²) in [6.07, 6.45) is 4.31. The Morgan fingerprint density at radius 1 is 1.52 bits per heavy atom. The summed E-state index contributed by atoms with van der Waals surface area (Å²) in [5.41, 5.74) is 0. The third-order valence-electron chi connectivity index (χ3n) is 3.37. The summed E-state index contributed by atoms with van der Waals surface area (Å²) in [6, 6.07) is -1.02. The summed E-state index contributed by atoms with van der Waals surface area (Å²) in [6.45, 7) is 4.44. The molecular formula is C12H19N3O4S2. The molecule has 2 heterocycles. The summed E-state index contributed by atoms with van der Waals surface area (Å²) >= 11 is 1.38. The molecule has 1 N–H and O–H groups in total. The number of carboxylic acid groups (broad SMARTS) is 1. The number of nitrogens with zero attached hydrogens (tertiary/aromatic N) is 3. The van der Waals surface area contributed by atoms with Crippen molar-refractivity contribution >= 4 is 27.8 Å². The van der Waals surface area contributed by atoms with Gasteiger partial charge in [0.15, 0.2) is 5.03 Å². The van der Waals surface area contributed by atoms with E-state index in [1.807, 2.05) is 13.8 Å². The first kappa shape index (κ1) is 16.3. The molecule has 2 rings (SSSR count). The maximum atomic E-state index is 12.7. The summed E-state index contributed by atoms with van der Waals surface area (Å²) in [7, 11) is -3.89. The molecule has 118 valence electrons. The van der Waals surface area contributed by atoms with Gasteiger partial charge >= 0.3 is 5.97 Å². The minimum atomic E-state index is -3.89. The summed E-state index contributed by atoms with van der Waals surface area (Å²) in [4.78, 5) is 15.3. The van der Waals surface area contributed by atoms with E-state index in [9.17, 15) is 18.3 Å². The molecular weight excluding hydrogens is 314 g/mol. The molecule has 1 fully saturated rings. The van der Waals surface area contributed by atoms with Crippen LogP contribution in [0.3, 0.4) is 0 Å². The van der Waals surface area contributed by atoms with Gasteiger partial charge in [-0.3, -0.25) is 4.79 Å². The Balaban J connectivity index is 2.39. The monoisotopic (exact) mass is 333 g/mol. The van der Waals surface area contributed by atoms with E-state index in [0.717, 1.165) is 10.7 Å². The zero-order valence-electron chi connectivity index (χ0n) is 12.0. The Hall–Kier alpha value is -1.06. The van der Waals surface area contributed by atoms with Crippen molar-refractivity contribution in [1.29, 1.82) is 0 Å². The molecule has 0 saturated carbocycles. The van der Waals surface area contributed by atoms with Gasteiger partial charge < -0.3 is 9.67 Å². The average molecular weight is 333 g/mol. The van der Waals surface area contributed by atoms with E-state index < -0.39 is 22.0 Å². The van der Waals surface area contributed by atoms with E-state index in [1.54, 1.807) is 4.57 Å². The van der Waals surface area contributed by atoms with Gasteiger partial charge in [0.25, 0.3) is 10.0 Å². The molecule has 1 aromatic heterocycles. The van der Waals surface area contributed by atoms with E-state index in [1.165, 1.54) is 24.3 Å². The topological polar surface area (TPSA) is 92.5 Å². The van der Waals surface area contributed by atoms with Crippen LogP contribution in [-0.4, -0.2) is 50.5 Å². The summed E-state index contributed by atoms with van der Waals surface area (Å²) < 4.78 is 28.2. The Kier molecular flexibility index (Phi) is 4.95. The van der Waals surface area contributed by atoms with Crippen molar-refractivity contribution < 1.29 is 18.3 Å². The minimum absolute atomic E-state index is 0.0841. The van der Waals surface area contributed by atoms with Crippen LogP contribution in [0.15, 0.2) is 17.6 Å². The lowest BCUT2D eigenvalue weighted by atomic mass is 10.3. The Morgan fingerprint density at radius 2 is 2.24 bits per heavy atom. The van der Waals surface area contributed by atoms with Gasteiger partial charge in [-0.15, -0.1) is 11.8 Å². The van der Waals surface area contributed by atoms with Gasteiger partial charge in [0, 0.05) is 18.5 Å². The quantitative estimate of drug-likeness (QED) is 0.841. The van der Waals surface area contributed by atoms with Crippen molar-refractivity contribution in [3.8, 4) is 0 Å². The van der Waals surface area contributed by atoms with E-state index in [0.29, 0.717) is 13.0 Å². The molecule has 1 saturated heterocycles. The number of imidazole rings is 1. The first-order chi connectivity index (χ1) is 9.91. The van der Waals surface area contributed by atoms with E-state index in [4.69, 9.17) is 0 Å². The normalized spacial score (nSPS) is 23.5. The predicted molar refractivity (Wildman–Crippen MR) is 79.5 cm³/mol. The van der Waals surface area contributed by atoms with Gasteiger partial charge in [-0.05, 0) is 13.3 Å². The van der Waals surface area contributed by atoms with Crippen molar-refractivity contribution in [3.05, 3.63) is 12.5 Å². The van der Waals surface area contributed by atoms with Crippen LogP contribution in [-0.2, 0) is 21.4 Å². The number of aryl methyl sites for hydroxylation is 1. The van der Waals surface area contributed by atoms with Crippen molar-refractivity contribution in [2.75, 3.05) is 5.75 Å². The van der Waals surface area contributed by atoms with Crippen LogP contribution >= 0.6 is 11.8 Å². The van der Waals surface area contributed by atoms with Crippen LogP contribution in [0.2, 0.25) is 0 Å². The molecule has 7 nitrogen and oxygen atoms in total. The zero-order chi connectivity index (χ0) is 15.6. The van der Waals surface area contributed by atoms with Gasteiger partial charge in [-0.2, -0.15) is 4.31 Å². The van der Waals surface area contributed by atoms with Crippen molar-refractivity contribution in [2.24, 2.45) is 0 Å². The molecule has 0 radical (unpaired) electrons. The number of thioether (sulfide) groups is 1. The first-order valence-corrected chi connectivity index (χ1v) is 9.30. The molecule has 2 atom stereocenters. The highest BCUT2D eigenvalue weighted by Gasteiger charge is 2.46. The van der Waals surface area contributed by atoms with E-state index in [2.05, 4.69) is 4.98 Å². The number of carboxylic acids is 1. The number of carbonyl (C=O) groups is 1. The molecule has 1 aliphatic rings. The molecule has 0 aromatic carbocycles. The largest absolute Gasteiger partial charge is 0.480 e. The second-order valence-corrected chi connectivity index (χ2v) is 7.81. The molecule has 1 aromatic rings. The highest BCUT2D eigenvalue weighted by atomic mass is 32.2. The number of hydrogen-bond donors (Lipinski definition) is 1. The maximum absolute atomic E-state index is 12.7. The number of sulfonamides is 1. The number of aliphatic carboxylic acids is 1. The van der Waals surface area contributed by atoms with Gasteiger partial charge in [-0.1, -0.05) is 13.3 Å². The molecule has 1 aliphatic heterocycles. The first-order valence-electron chi connectivity index (χ1n) is 6.81. The molecule has 0 amide bonds. The van der Waals surface area contributed by atoms with Gasteiger partial charge in [0.05, 0.1) is 11.7 Å². The SMILES string of the molecule is CCCC1SCC(C(=O)O)N1S(=O)(=O)c1cn(CC)cn1. The van der Waals surface area contributed by atoms with Crippen molar-refractivity contribution in [2.45, 2.75) is 49.7 Å². The number of rotatable bonds is 6. The highest BCUT2D eigenvalue weighted by molar-refractivity contribution is 8.01. The van der Waals surface area contributed by atoms with Gasteiger partial charge in [0.2, 0.25) is 0 Å². The molecule has 0 spiro atoms. The van der Waals surface area contributed by atoms with Crippen LogP contribution in [0.5, 0.6) is 0 Å². The van der Waals surface area contributed by atoms with Crippen LogP contribution in [0.4, 0.5) is 0 Å². The second kappa shape index (κ2) is 6.37. The minimum Gasteiger partial charge on any atom is -0.480 e. The Bertz CT molecular complexity index is 614. The van der Waals surface area contributed by atoms with Crippen molar-refractivity contribution in [1.82, 2.24) is 13.9 Å². The summed E-state index contributed by atoms with van der Waals surface area (Å²) in [5, 5.41) is 8.86. The number of hydrogen-bond acceptors (Lipinski definition) is 5. The average Bonchev–Trinajstić information content (AvgIpc) is 3.05. The van der Waals surface area contributed by atoms with Crippen LogP contribution in [0, 0.1) is 0 Å². The molecule has 9 heteroatoms. The number of aromatic nitrogens is 2. The smallest absolute Gasteiger partial charge is 0.322 e. The fourth-order valence-corrected chi connectivity index (χ4v) is 5.86. The van der Waals surface area contributed by atoms with E-state index >= 15 is 0 Å². The highest BCUT2D eigenvalue weighted by Crippen LogP contribution is 2.36. The molecule has 21 heavy (non-hydrogen) atoms. The molecule has 0 aliphatic carbocycles. The van der Waals surface area contributed by atoms with Gasteiger partial charge in [-0.25, -0.2) is 13.4 Å². The third-order valence-corrected chi connectivity index (χ3v) is 6.67. The molecule has 2 unspecified atom stereocenters. The van der Waals surface area contributed by atoms with E-state index in [-0.39, 0.29) is 16.2 Å². The predicted octanol–water partition coefficient (Wildman–Crippen LogP) is 1.22. The van der Waals surface area contributed by atoms with Gasteiger partial charge in [0.1, 0.15) is 6.04 Å². The lowest BCUT2D eigenvalue weighted by Crippen LogP contribution is -2.45. The van der Waals surface area contributed by atoms with Crippen LogP contribution in [0.1, 0.15) is 26.7 Å². The maximum Gasteiger partial charge on any atom is 0.322 e. The van der Waals surface area contributed by atoms with Crippen LogP contribution in [0.25, 0.3) is 0 Å². The fraction of sp³-hybridized carbons (Fsp3) is 0.667. The lowest BCUT2D eigenvalue weighted by molar-refractivity contribution is -0.140.